The number of para-hydroxylation sites is 1. The number of hydrogen-bond donors (Lipinski definition) is 4. The third-order valence-corrected chi connectivity index (χ3v) is 5.81. The molecule has 5 rings (SSSR count). The second-order valence-corrected chi connectivity index (χ2v) is 7.80. The maximum atomic E-state index is 14.2. The molecule has 8 nitrogen and oxygen atoms in total. The molecule has 4 aromatic rings. The number of aryl methyl sites for hydroxylation is 1. The van der Waals surface area contributed by atoms with E-state index >= 15 is 0 Å². The molecular weight excluding hydrogens is 411 g/mol. The maximum absolute atomic E-state index is 14.2. The van der Waals surface area contributed by atoms with E-state index in [1.165, 1.54) is 12.1 Å². The van der Waals surface area contributed by atoms with Gasteiger partial charge < -0.3 is 25.1 Å². The number of benzene rings is 2. The van der Waals surface area contributed by atoms with Crippen molar-refractivity contribution in [2.45, 2.75) is 25.9 Å². The van der Waals surface area contributed by atoms with Gasteiger partial charge in [0.15, 0.2) is 5.84 Å². The first-order valence-electron chi connectivity index (χ1n) is 10.6. The minimum Gasteiger partial charge on any atom is -0.395 e. The molecule has 2 aromatic carbocycles. The Morgan fingerprint density at radius 2 is 1.81 bits per heavy atom. The van der Waals surface area contributed by atoms with Crippen LogP contribution in [0.3, 0.4) is 0 Å². The topological polar surface area (TPSA) is 104 Å². The lowest BCUT2D eigenvalue weighted by molar-refractivity contribution is 0.159. The van der Waals surface area contributed by atoms with Gasteiger partial charge in [-0.25, -0.2) is 4.39 Å². The van der Waals surface area contributed by atoms with Crippen molar-refractivity contribution in [1.29, 1.82) is 0 Å². The van der Waals surface area contributed by atoms with Crippen molar-refractivity contribution in [3.05, 3.63) is 66.2 Å². The summed E-state index contributed by atoms with van der Waals surface area (Å²) in [5.41, 5.74) is 11.7. The number of halogens is 1. The maximum Gasteiger partial charge on any atom is 0.226 e. The molecule has 32 heavy (non-hydrogen) atoms. The Labute approximate surface area is 184 Å². The number of aromatic nitrogens is 2. The van der Waals surface area contributed by atoms with Gasteiger partial charge in [0.25, 0.3) is 0 Å². The van der Waals surface area contributed by atoms with Gasteiger partial charge in [-0.1, -0.05) is 18.2 Å². The van der Waals surface area contributed by atoms with Crippen molar-refractivity contribution in [2.24, 2.45) is 10.8 Å². The molecule has 0 spiro atoms. The number of anilines is 1. The number of fused-ring (bicyclic) bond motifs is 2. The average molecular weight is 436 g/mol. The summed E-state index contributed by atoms with van der Waals surface area (Å²) in [6.07, 6.45) is 3.48. The minimum atomic E-state index is -1.11. The summed E-state index contributed by atoms with van der Waals surface area (Å²) in [5, 5.41) is 26.3. The lowest BCUT2D eigenvalue weighted by atomic mass is 10.1. The molecule has 1 aliphatic rings. The number of nitrogens with two attached hydrogens (primary N) is 1. The summed E-state index contributed by atoms with van der Waals surface area (Å²) >= 11 is 0. The van der Waals surface area contributed by atoms with Crippen LogP contribution in [0.15, 0.2) is 60.0 Å². The molecule has 3 heterocycles. The molecule has 0 saturated heterocycles. The van der Waals surface area contributed by atoms with Crippen LogP contribution in [-0.4, -0.2) is 44.7 Å². The number of nitrogens with zero attached hydrogens (tertiary/aromatic N) is 4. The first kappa shape index (κ1) is 20.5. The standard InChI is InChI=1S/C23H25FN6O2/c24-15-6-7-20-17(12-15)21(14-28(20)9-3-8-25)30-22(26-27-23(30)32)18-13-29(10-11-31)19-5-2-1-4-16(18)19/h1-2,4-7,12-14,23,27,31-32H,3,8-11,25H2. The van der Waals surface area contributed by atoms with E-state index in [1.807, 2.05) is 45.8 Å². The van der Waals surface area contributed by atoms with Crippen molar-refractivity contribution < 1.29 is 14.6 Å². The van der Waals surface area contributed by atoms with Crippen LogP contribution in [-0.2, 0) is 13.1 Å². The number of hydrazone groups is 1. The molecule has 5 N–H and O–H groups in total. The molecule has 166 valence electrons. The molecule has 2 aromatic heterocycles. The average Bonchev–Trinajstić information content (AvgIpc) is 3.46. The zero-order valence-corrected chi connectivity index (χ0v) is 17.4. The van der Waals surface area contributed by atoms with E-state index in [-0.39, 0.29) is 12.4 Å². The van der Waals surface area contributed by atoms with Crippen LogP contribution in [0, 0.1) is 5.82 Å². The summed E-state index contributed by atoms with van der Waals surface area (Å²) in [4.78, 5) is 1.67. The first-order valence-corrected chi connectivity index (χ1v) is 10.6. The Bertz CT molecular complexity index is 1310. The van der Waals surface area contributed by atoms with Gasteiger partial charge in [-0.3, -0.25) is 10.3 Å². The van der Waals surface area contributed by atoms with Gasteiger partial charge in [-0.2, -0.15) is 5.10 Å². The molecule has 0 bridgehead atoms. The van der Waals surface area contributed by atoms with E-state index in [4.69, 9.17) is 5.73 Å². The Balaban J connectivity index is 1.66. The zero-order chi connectivity index (χ0) is 22.2. The van der Waals surface area contributed by atoms with Crippen LogP contribution in [0.1, 0.15) is 12.0 Å². The predicted octanol–water partition coefficient (Wildman–Crippen LogP) is 2.12. The molecule has 0 amide bonds. The second-order valence-electron chi connectivity index (χ2n) is 7.80. The minimum absolute atomic E-state index is 0.00306. The van der Waals surface area contributed by atoms with Gasteiger partial charge in [0.05, 0.1) is 17.8 Å². The van der Waals surface area contributed by atoms with Crippen LogP contribution < -0.4 is 16.1 Å². The SMILES string of the molecule is NCCCn1cc(N2C(c3cn(CCO)c4ccccc34)=NNC2O)c2cc(F)ccc21. The van der Waals surface area contributed by atoms with Crippen molar-refractivity contribution in [1.82, 2.24) is 14.6 Å². The highest BCUT2D eigenvalue weighted by molar-refractivity contribution is 6.20. The van der Waals surface area contributed by atoms with Crippen LogP contribution in [0.5, 0.6) is 0 Å². The summed E-state index contributed by atoms with van der Waals surface area (Å²) in [6, 6.07) is 12.5. The highest BCUT2D eigenvalue weighted by Crippen LogP contribution is 2.35. The smallest absolute Gasteiger partial charge is 0.226 e. The summed E-state index contributed by atoms with van der Waals surface area (Å²) in [5.74, 6) is 0.169. The summed E-state index contributed by atoms with van der Waals surface area (Å²) < 4.78 is 18.2. The molecule has 1 unspecified atom stereocenters. The Morgan fingerprint density at radius 3 is 2.62 bits per heavy atom. The van der Waals surface area contributed by atoms with Crippen molar-refractivity contribution in [3.8, 4) is 0 Å². The lowest BCUT2D eigenvalue weighted by Crippen LogP contribution is -2.40. The molecular formula is C23H25FN6O2. The normalized spacial score (nSPS) is 16.2. The Kier molecular flexibility index (Phi) is 5.30. The van der Waals surface area contributed by atoms with Crippen molar-refractivity contribution in [2.75, 3.05) is 18.1 Å². The van der Waals surface area contributed by atoms with Gasteiger partial charge in [0.2, 0.25) is 6.35 Å². The summed E-state index contributed by atoms with van der Waals surface area (Å²) in [7, 11) is 0. The molecule has 1 atom stereocenters. The van der Waals surface area contributed by atoms with Gasteiger partial charge in [-0.05, 0) is 37.2 Å². The first-order chi connectivity index (χ1) is 15.6. The van der Waals surface area contributed by atoms with Crippen LogP contribution >= 0.6 is 0 Å². The van der Waals surface area contributed by atoms with E-state index in [2.05, 4.69) is 10.5 Å². The van der Waals surface area contributed by atoms with Gasteiger partial charge in [-0.15, -0.1) is 0 Å². The third-order valence-electron chi connectivity index (χ3n) is 5.81. The summed E-state index contributed by atoms with van der Waals surface area (Å²) in [6.45, 7) is 1.66. The molecule has 0 aliphatic carbocycles. The third kappa shape index (κ3) is 3.31. The number of nitrogens with one attached hydrogen (secondary N) is 1. The predicted molar refractivity (Wildman–Crippen MR) is 123 cm³/mol. The highest BCUT2D eigenvalue weighted by Gasteiger charge is 2.32. The fourth-order valence-corrected chi connectivity index (χ4v) is 4.39. The molecule has 1 aliphatic heterocycles. The molecule has 0 radical (unpaired) electrons. The van der Waals surface area contributed by atoms with E-state index < -0.39 is 6.35 Å². The Morgan fingerprint density at radius 1 is 1.03 bits per heavy atom. The van der Waals surface area contributed by atoms with Crippen LogP contribution in [0.4, 0.5) is 10.1 Å². The highest BCUT2D eigenvalue weighted by atomic mass is 19.1. The fourth-order valence-electron chi connectivity index (χ4n) is 4.39. The van der Waals surface area contributed by atoms with E-state index in [0.29, 0.717) is 36.5 Å². The van der Waals surface area contributed by atoms with Crippen LogP contribution in [0.2, 0.25) is 0 Å². The second kappa shape index (κ2) is 8.27. The number of aliphatic hydroxyl groups excluding tert-OH is 2. The van der Waals surface area contributed by atoms with Gasteiger partial charge in [0.1, 0.15) is 5.82 Å². The largest absolute Gasteiger partial charge is 0.395 e. The molecule has 9 heteroatoms. The van der Waals surface area contributed by atoms with Gasteiger partial charge >= 0.3 is 0 Å². The Hall–Kier alpha value is -3.40. The number of amidine groups is 1. The van der Waals surface area contributed by atoms with E-state index in [9.17, 15) is 14.6 Å². The number of aliphatic hydroxyl groups is 2. The number of hydrogen-bond acceptors (Lipinski definition) is 6. The van der Waals surface area contributed by atoms with Crippen LogP contribution in [0.25, 0.3) is 21.8 Å². The molecule has 0 fully saturated rings. The van der Waals surface area contributed by atoms with Gasteiger partial charge in [0, 0.05) is 47.3 Å². The number of rotatable bonds is 7. The lowest BCUT2D eigenvalue weighted by Gasteiger charge is -2.22. The molecule has 0 saturated carbocycles. The van der Waals surface area contributed by atoms with Crippen molar-refractivity contribution >= 4 is 33.3 Å². The van der Waals surface area contributed by atoms with Crippen molar-refractivity contribution in [3.63, 3.8) is 0 Å². The zero-order valence-electron chi connectivity index (χ0n) is 17.4. The fraction of sp³-hybridized carbons (Fsp3) is 0.261. The quantitative estimate of drug-likeness (QED) is 0.355. The van der Waals surface area contributed by atoms with E-state index in [1.54, 1.807) is 11.0 Å². The monoisotopic (exact) mass is 436 g/mol. The van der Waals surface area contributed by atoms with E-state index in [0.717, 1.165) is 28.4 Å².